The summed E-state index contributed by atoms with van der Waals surface area (Å²) in [5, 5.41) is 14.2. The van der Waals surface area contributed by atoms with Gasteiger partial charge in [0.25, 0.3) is 5.69 Å². The SMILES string of the molecule is COC1CCCC(Nc2ccc([N+](=O)[O-])c(Cl)c2)C1. The molecule has 1 aliphatic carbocycles. The van der Waals surface area contributed by atoms with Crippen molar-refractivity contribution in [2.75, 3.05) is 12.4 Å². The summed E-state index contributed by atoms with van der Waals surface area (Å²) in [5.41, 5.74) is 0.753. The van der Waals surface area contributed by atoms with Gasteiger partial charge in [-0.15, -0.1) is 0 Å². The third kappa shape index (κ3) is 3.58. The smallest absolute Gasteiger partial charge is 0.288 e. The van der Waals surface area contributed by atoms with Gasteiger partial charge in [0, 0.05) is 24.9 Å². The van der Waals surface area contributed by atoms with Crippen LogP contribution in [0.3, 0.4) is 0 Å². The number of nitrogens with zero attached hydrogens (tertiary/aromatic N) is 1. The molecule has 1 aromatic rings. The summed E-state index contributed by atoms with van der Waals surface area (Å²) in [7, 11) is 1.73. The zero-order valence-corrected chi connectivity index (χ0v) is 11.5. The van der Waals surface area contributed by atoms with E-state index in [-0.39, 0.29) is 10.7 Å². The number of halogens is 1. The fourth-order valence-electron chi connectivity index (χ4n) is 2.47. The van der Waals surface area contributed by atoms with Gasteiger partial charge < -0.3 is 10.1 Å². The van der Waals surface area contributed by atoms with E-state index in [9.17, 15) is 10.1 Å². The Kier molecular flexibility index (Phi) is 4.61. The lowest BCUT2D eigenvalue weighted by Gasteiger charge is -2.29. The monoisotopic (exact) mass is 284 g/mol. The molecule has 0 spiro atoms. The van der Waals surface area contributed by atoms with Gasteiger partial charge in [0.1, 0.15) is 5.02 Å². The number of nitro groups is 1. The van der Waals surface area contributed by atoms with Crippen molar-refractivity contribution in [2.45, 2.75) is 37.8 Å². The molecule has 5 nitrogen and oxygen atoms in total. The van der Waals surface area contributed by atoms with Crippen LogP contribution in [0.1, 0.15) is 25.7 Å². The zero-order valence-electron chi connectivity index (χ0n) is 10.8. The fraction of sp³-hybridized carbons (Fsp3) is 0.538. The van der Waals surface area contributed by atoms with Crippen LogP contribution in [0, 0.1) is 10.1 Å². The molecule has 1 saturated carbocycles. The summed E-state index contributed by atoms with van der Waals surface area (Å²) < 4.78 is 5.38. The van der Waals surface area contributed by atoms with Crippen molar-refractivity contribution < 1.29 is 9.66 Å². The molecule has 1 fully saturated rings. The molecule has 2 atom stereocenters. The quantitative estimate of drug-likeness (QED) is 0.677. The molecule has 0 amide bonds. The second kappa shape index (κ2) is 6.21. The van der Waals surface area contributed by atoms with Crippen LogP contribution in [0.4, 0.5) is 11.4 Å². The van der Waals surface area contributed by atoms with Crippen LogP contribution < -0.4 is 5.32 Å². The largest absolute Gasteiger partial charge is 0.382 e. The maximum Gasteiger partial charge on any atom is 0.288 e. The molecule has 2 rings (SSSR count). The number of anilines is 1. The fourth-order valence-corrected chi connectivity index (χ4v) is 2.72. The van der Waals surface area contributed by atoms with Crippen LogP contribution in [0.2, 0.25) is 5.02 Å². The zero-order chi connectivity index (χ0) is 13.8. The number of nitro benzene ring substituents is 1. The lowest BCUT2D eigenvalue weighted by atomic mass is 9.92. The molecular formula is C13H17ClN2O3. The molecule has 1 aliphatic rings. The first-order chi connectivity index (χ1) is 9.10. The topological polar surface area (TPSA) is 64.4 Å². The van der Waals surface area contributed by atoms with Gasteiger partial charge in [-0.1, -0.05) is 11.6 Å². The van der Waals surface area contributed by atoms with Gasteiger partial charge in [0.05, 0.1) is 11.0 Å². The van der Waals surface area contributed by atoms with Gasteiger partial charge in [-0.05, 0) is 37.8 Å². The molecule has 0 saturated heterocycles. The molecule has 0 bridgehead atoms. The Balaban J connectivity index is 2.03. The van der Waals surface area contributed by atoms with Crippen molar-refractivity contribution in [3.63, 3.8) is 0 Å². The molecule has 0 radical (unpaired) electrons. The Morgan fingerprint density at radius 3 is 2.89 bits per heavy atom. The highest BCUT2D eigenvalue weighted by atomic mass is 35.5. The Hall–Kier alpha value is -1.33. The maximum atomic E-state index is 10.7. The molecular weight excluding hydrogens is 268 g/mol. The minimum atomic E-state index is -0.478. The molecule has 19 heavy (non-hydrogen) atoms. The van der Waals surface area contributed by atoms with Gasteiger partial charge in [0.2, 0.25) is 0 Å². The van der Waals surface area contributed by atoms with Crippen molar-refractivity contribution in [2.24, 2.45) is 0 Å². The standard InChI is InChI=1S/C13H17ClN2O3/c1-19-11-4-2-3-9(7-11)15-10-5-6-13(16(17)18)12(14)8-10/h5-6,8-9,11,15H,2-4,7H2,1H3. The van der Waals surface area contributed by atoms with E-state index in [1.54, 1.807) is 19.2 Å². The summed E-state index contributed by atoms with van der Waals surface area (Å²) in [6.45, 7) is 0. The lowest BCUT2D eigenvalue weighted by molar-refractivity contribution is -0.384. The summed E-state index contributed by atoms with van der Waals surface area (Å²) in [4.78, 5) is 10.2. The summed E-state index contributed by atoms with van der Waals surface area (Å²) in [6, 6.07) is 5.06. The summed E-state index contributed by atoms with van der Waals surface area (Å²) in [5.74, 6) is 0. The van der Waals surface area contributed by atoms with Gasteiger partial charge in [-0.2, -0.15) is 0 Å². The average Bonchev–Trinajstić information content (AvgIpc) is 2.38. The molecule has 1 N–H and O–H groups in total. The number of methoxy groups -OCH3 is 1. The lowest BCUT2D eigenvalue weighted by Crippen LogP contribution is -2.30. The minimum Gasteiger partial charge on any atom is -0.382 e. The van der Waals surface area contributed by atoms with Crippen molar-refractivity contribution >= 4 is 23.0 Å². The number of nitrogens with one attached hydrogen (secondary N) is 1. The second-order valence-corrected chi connectivity index (χ2v) is 5.20. The van der Waals surface area contributed by atoms with E-state index in [4.69, 9.17) is 16.3 Å². The second-order valence-electron chi connectivity index (χ2n) is 4.79. The highest BCUT2D eigenvalue weighted by Crippen LogP contribution is 2.29. The van der Waals surface area contributed by atoms with Gasteiger partial charge in [0.15, 0.2) is 0 Å². The van der Waals surface area contributed by atoms with Gasteiger partial charge in [-0.3, -0.25) is 10.1 Å². The number of hydrogen-bond acceptors (Lipinski definition) is 4. The number of benzene rings is 1. The van der Waals surface area contributed by atoms with Crippen LogP contribution in [-0.4, -0.2) is 24.2 Å². The third-order valence-electron chi connectivity index (χ3n) is 3.47. The van der Waals surface area contributed by atoms with E-state index in [1.165, 1.54) is 6.07 Å². The summed E-state index contributed by atoms with van der Waals surface area (Å²) >= 11 is 5.89. The van der Waals surface area contributed by atoms with E-state index in [0.717, 1.165) is 31.4 Å². The van der Waals surface area contributed by atoms with E-state index in [0.29, 0.717) is 12.1 Å². The number of ether oxygens (including phenoxy) is 1. The Morgan fingerprint density at radius 2 is 2.26 bits per heavy atom. The van der Waals surface area contributed by atoms with Gasteiger partial charge in [-0.25, -0.2) is 0 Å². The molecule has 0 aliphatic heterocycles. The molecule has 2 unspecified atom stereocenters. The highest BCUT2D eigenvalue weighted by molar-refractivity contribution is 6.32. The Bertz CT molecular complexity index is 467. The van der Waals surface area contributed by atoms with E-state index < -0.39 is 4.92 Å². The van der Waals surface area contributed by atoms with Crippen molar-refractivity contribution in [1.29, 1.82) is 0 Å². The van der Waals surface area contributed by atoms with E-state index in [1.807, 2.05) is 0 Å². The Morgan fingerprint density at radius 1 is 1.47 bits per heavy atom. The van der Waals surface area contributed by atoms with Crippen molar-refractivity contribution in [1.82, 2.24) is 0 Å². The predicted octanol–water partition coefficient (Wildman–Crippen LogP) is 3.62. The van der Waals surface area contributed by atoms with Crippen LogP contribution in [0.5, 0.6) is 0 Å². The maximum absolute atomic E-state index is 10.7. The highest BCUT2D eigenvalue weighted by Gasteiger charge is 2.22. The first-order valence-electron chi connectivity index (χ1n) is 6.33. The molecule has 0 aromatic heterocycles. The van der Waals surface area contributed by atoms with Crippen molar-refractivity contribution in [3.8, 4) is 0 Å². The summed E-state index contributed by atoms with van der Waals surface area (Å²) in [6.07, 6.45) is 4.53. The molecule has 6 heteroatoms. The van der Waals surface area contributed by atoms with Crippen LogP contribution in [-0.2, 0) is 4.74 Å². The van der Waals surface area contributed by atoms with Crippen LogP contribution in [0.15, 0.2) is 18.2 Å². The van der Waals surface area contributed by atoms with Crippen LogP contribution >= 0.6 is 11.6 Å². The molecule has 1 aromatic carbocycles. The first kappa shape index (κ1) is 14.1. The Labute approximate surface area is 117 Å². The minimum absolute atomic E-state index is 0.0642. The normalized spacial score (nSPS) is 23.1. The predicted molar refractivity (Wildman–Crippen MR) is 74.8 cm³/mol. The van der Waals surface area contributed by atoms with Gasteiger partial charge >= 0.3 is 0 Å². The van der Waals surface area contributed by atoms with Crippen LogP contribution in [0.25, 0.3) is 0 Å². The van der Waals surface area contributed by atoms with Crippen molar-refractivity contribution in [3.05, 3.63) is 33.3 Å². The van der Waals surface area contributed by atoms with E-state index >= 15 is 0 Å². The number of hydrogen-bond donors (Lipinski definition) is 1. The van der Waals surface area contributed by atoms with E-state index in [2.05, 4.69) is 5.32 Å². The average molecular weight is 285 g/mol. The third-order valence-corrected chi connectivity index (χ3v) is 3.78. The molecule has 0 heterocycles. The number of rotatable bonds is 4. The first-order valence-corrected chi connectivity index (χ1v) is 6.71. The molecule has 104 valence electrons.